The van der Waals surface area contributed by atoms with E-state index in [9.17, 15) is 9.59 Å². The molecule has 0 radical (unpaired) electrons. The quantitative estimate of drug-likeness (QED) is 0.711. The summed E-state index contributed by atoms with van der Waals surface area (Å²) in [6.07, 6.45) is 1.36. The molecule has 0 unspecified atom stereocenters. The third-order valence-corrected chi connectivity index (χ3v) is 4.79. The average molecular weight is 397 g/mol. The number of carbonyl (C=O) groups excluding carboxylic acids is 1. The number of ether oxygens (including phenoxy) is 2. The van der Waals surface area contributed by atoms with Crippen molar-refractivity contribution in [3.05, 3.63) is 86.8 Å². The molecule has 0 spiro atoms. The first-order chi connectivity index (χ1) is 13.6. The number of H-pyrrole nitrogens is 1. The number of pyridine rings is 1. The van der Waals surface area contributed by atoms with Gasteiger partial charge in [0.15, 0.2) is 11.5 Å². The van der Waals surface area contributed by atoms with Crippen molar-refractivity contribution >= 4 is 17.5 Å². The van der Waals surface area contributed by atoms with E-state index in [0.29, 0.717) is 22.3 Å². The minimum atomic E-state index is -0.480. The van der Waals surface area contributed by atoms with Crippen LogP contribution in [0, 0.1) is 0 Å². The number of benzene rings is 2. The third kappa shape index (κ3) is 3.34. The Morgan fingerprint density at radius 3 is 2.71 bits per heavy atom. The zero-order valence-corrected chi connectivity index (χ0v) is 15.8. The molecule has 4 rings (SSSR count). The van der Waals surface area contributed by atoms with Crippen molar-refractivity contribution in [3.8, 4) is 17.2 Å². The van der Waals surface area contributed by atoms with Gasteiger partial charge in [-0.15, -0.1) is 0 Å². The number of methoxy groups -OCH3 is 1. The largest absolute Gasteiger partial charge is 0.493 e. The molecule has 0 saturated carbocycles. The van der Waals surface area contributed by atoms with Crippen molar-refractivity contribution < 1.29 is 14.3 Å². The van der Waals surface area contributed by atoms with Crippen molar-refractivity contribution in [1.29, 1.82) is 0 Å². The number of aromatic amines is 1. The Morgan fingerprint density at radius 1 is 1.14 bits per heavy atom. The Bertz CT molecular complexity index is 1110. The number of halogens is 1. The molecule has 2 heterocycles. The second-order valence-electron chi connectivity index (χ2n) is 6.38. The summed E-state index contributed by atoms with van der Waals surface area (Å²) in [6.45, 7) is 0.545. The third-order valence-electron chi connectivity index (χ3n) is 4.57. The normalized spacial score (nSPS) is 12.9. The maximum absolute atomic E-state index is 13.2. The van der Waals surface area contributed by atoms with Gasteiger partial charge in [-0.2, -0.15) is 0 Å². The van der Waals surface area contributed by atoms with Crippen LogP contribution in [0.25, 0.3) is 0 Å². The Labute approximate surface area is 166 Å². The summed E-state index contributed by atoms with van der Waals surface area (Å²) in [5.74, 6) is 1.34. The van der Waals surface area contributed by atoms with Gasteiger partial charge in [-0.3, -0.25) is 9.59 Å². The fraction of sp³-hybridized carbons (Fsp3) is 0.143. The van der Waals surface area contributed by atoms with Crippen molar-refractivity contribution in [3.63, 3.8) is 0 Å². The number of hydrogen-bond acceptors (Lipinski definition) is 4. The minimum Gasteiger partial charge on any atom is -0.493 e. The van der Waals surface area contributed by atoms with Crippen LogP contribution in [0.5, 0.6) is 17.2 Å². The van der Waals surface area contributed by atoms with Crippen LogP contribution in [0.15, 0.2) is 59.5 Å². The van der Waals surface area contributed by atoms with Crippen LogP contribution in [-0.2, 0) is 13.1 Å². The van der Waals surface area contributed by atoms with Gasteiger partial charge in [0.2, 0.25) is 0 Å². The van der Waals surface area contributed by atoms with Crippen LogP contribution in [-0.4, -0.2) is 22.9 Å². The van der Waals surface area contributed by atoms with Gasteiger partial charge in [0, 0.05) is 17.3 Å². The Kier molecular flexibility index (Phi) is 4.79. The molecule has 1 N–H and O–H groups in total. The molecule has 0 fully saturated rings. The van der Waals surface area contributed by atoms with E-state index >= 15 is 0 Å². The van der Waals surface area contributed by atoms with E-state index in [1.54, 1.807) is 18.1 Å². The highest BCUT2D eigenvalue weighted by Crippen LogP contribution is 2.39. The van der Waals surface area contributed by atoms with Crippen LogP contribution < -0.4 is 15.0 Å². The molecule has 0 bridgehead atoms. The van der Waals surface area contributed by atoms with Gasteiger partial charge in [0.1, 0.15) is 11.3 Å². The lowest BCUT2D eigenvalue weighted by atomic mass is 10.1. The summed E-state index contributed by atoms with van der Waals surface area (Å²) in [6, 6.07) is 14.4. The molecule has 7 heteroatoms. The summed E-state index contributed by atoms with van der Waals surface area (Å²) >= 11 is 5.98. The number of para-hydroxylation sites is 2. The highest BCUT2D eigenvalue weighted by molar-refractivity contribution is 6.30. The Hall–Kier alpha value is -3.25. The fourth-order valence-electron chi connectivity index (χ4n) is 3.20. The summed E-state index contributed by atoms with van der Waals surface area (Å²) in [5, 5.41) is 0.292. The van der Waals surface area contributed by atoms with Gasteiger partial charge >= 0.3 is 0 Å². The number of carbonyl (C=O) groups is 1. The molecular weight excluding hydrogens is 380 g/mol. The van der Waals surface area contributed by atoms with E-state index in [1.165, 1.54) is 12.3 Å². The molecule has 0 saturated heterocycles. The van der Waals surface area contributed by atoms with Crippen LogP contribution in [0.4, 0.5) is 0 Å². The molecule has 28 heavy (non-hydrogen) atoms. The molecule has 0 atom stereocenters. The lowest BCUT2D eigenvalue weighted by molar-refractivity contribution is 0.0723. The predicted molar refractivity (Wildman–Crippen MR) is 105 cm³/mol. The second kappa shape index (κ2) is 7.40. The molecule has 6 nitrogen and oxygen atoms in total. The standard InChI is InChI=1S/C21H17ClN2O4/c1-27-18-8-4-6-14-12-24(21(26)16-9-15(22)10-23-20(16)25)11-13-5-2-3-7-17(13)28-19(14)18/h2-10H,11-12H2,1H3,(H,23,25). The molecule has 1 amide bonds. The van der Waals surface area contributed by atoms with E-state index < -0.39 is 11.5 Å². The maximum atomic E-state index is 13.2. The molecule has 0 aliphatic carbocycles. The molecular formula is C21H17ClN2O4. The smallest absolute Gasteiger partial charge is 0.260 e. The Morgan fingerprint density at radius 2 is 1.89 bits per heavy atom. The molecule has 2 aromatic carbocycles. The molecule has 142 valence electrons. The molecule has 1 aliphatic rings. The van der Waals surface area contributed by atoms with E-state index in [1.807, 2.05) is 36.4 Å². The summed E-state index contributed by atoms with van der Waals surface area (Å²) < 4.78 is 11.6. The number of aromatic nitrogens is 1. The van der Waals surface area contributed by atoms with Crippen molar-refractivity contribution in [1.82, 2.24) is 9.88 Å². The predicted octanol–water partition coefficient (Wildman–Crippen LogP) is 3.99. The minimum absolute atomic E-state index is 0.00378. The van der Waals surface area contributed by atoms with Crippen molar-refractivity contribution in [2.75, 3.05) is 7.11 Å². The first-order valence-electron chi connectivity index (χ1n) is 8.66. The van der Waals surface area contributed by atoms with Gasteiger partial charge in [0.25, 0.3) is 11.5 Å². The molecule has 3 aromatic rings. The number of nitrogens with zero attached hydrogens (tertiary/aromatic N) is 1. The fourth-order valence-corrected chi connectivity index (χ4v) is 3.37. The van der Waals surface area contributed by atoms with Crippen molar-refractivity contribution in [2.24, 2.45) is 0 Å². The highest BCUT2D eigenvalue weighted by Gasteiger charge is 2.26. The lowest BCUT2D eigenvalue weighted by Gasteiger charge is -2.28. The first kappa shape index (κ1) is 18.1. The van der Waals surface area contributed by atoms with E-state index in [0.717, 1.165) is 11.1 Å². The van der Waals surface area contributed by atoms with E-state index in [-0.39, 0.29) is 18.7 Å². The van der Waals surface area contributed by atoms with Gasteiger partial charge in [-0.25, -0.2) is 0 Å². The van der Waals surface area contributed by atoms with Crippen LogP contribution in [0.1, 0.15) is 21.5 Å². The number of fused-ring (bicyclic) bond motifs is 2. The van der Waals surface area contributed by atoms with Crippen LogP contribution in [0.2, 0.25) is 5.02 Å². The number of rotatable bonds is 2. The number of nitrogens with one attached hydrogen (secondary N) is 1. The lowest BCUT2D eigenvalue weighted by Crippen LogP contribution is -2.34. The van der Waals surface area contributed by atoms with Crippen molar-refractivity contribution in [2.45, 2.75) is 13.1 Å². The van der Waals surface area contributed by atoms with E-state index in [2.05, 4.69) is 4.98 Å². The SMILES string of the molecule is COc1cccc2c1Oc1ccccc1CN(C(=O)c1cc(Cl)c[nH]c1=O)C2. The van der Waals surface area contributed by atoms with Gasteiger partial charge < -0.3 is 19.4 Å². The summed E-state index contributed by atoms with van der Waals surface area (Å²) in [7, 11) is 1.57. The number of hydrogen-bond donors (Lipinski definition) is 1. The van der Waals surface area contributed by atoms with Crippen LogP contribution >= 0.6 is 11.6 Å². The number of amides is 1. The van der Waals surface area contributed by atoms with Gasteiger partial charge in [-0.05, 0) is 18.2 Å². The van der Waals surface area contributed by atoms with E-state index in [4.69, 9.17) is 21.1 Å². The van der Waals surface area contributed by atoms with Gasteiger partial charge in [0.05, 0.1) is 25.2 Å². The average Bonchev–Trinajstić information content (AvgIpc) is 2.69. The monoisotopic (exact) mass is 396 g/mol. The Balaban J connectivity index is 1.83. The first-order valence-corrected chi connectivity index (χ1v) is 9.04. The summed E-state index contributed by atoms with van der Waals surface area (Å²) in [5.41, 5.74) is 1.12. The topological polar surface area (TPSA) is 71.6 Å². The summed E-state index contributed by atoms with van der Waals surface area (Å²) in [4.78, 5) is 29.5. The zero-order valence-electron chi connectivity index (χ0n) is 15.1. The zero-order chi connectivity index (χ0) is 19.7. The maximum Gasteiger partial charge on any atom is 0.260 e. The van der Waals surface area contributed by atoms with Gasteiger partial charge in [-0.1, -0.05) is 41.9 Å². The molecule has 1 aliphatic heterocycles. The van der Waals surface area contributed by atoms with Crippen LogP contribution in [0.3, 0.4) is 0 Å². The second-order valence-corrected chi connectivity index (χ2v) is 6.82. The molecule has 1 aromatic heterocycles. The highest BCUT2D eigenvalue weighted by atomic mass is 35.5.